The van der Waals surface area contributed by atoms with E-state index in [0.29, 0.717) is 31.6 Å². The lowest BCUT2D eigenvalue weighted by molar-refractivity contribution is 0.107. The van der Waals surface area contributed by atoms with Crippen molar-refractivity contribution in [3.8, 4) is 0 Å². The minimum atomic E-state index is -0.339. The molecule has 1 saturated heterocycles. The normalized spacial score (nSPS) is 16.4. The van der Waals surface area contributed by atoms with Crippen molar-refractivity contribution in [3.05, 3.63) is 56.4 Å². The quantitative estimate of drug-likeness (QED) is 0.549. The molecule has 0 radical (unpaired) electrons. The smallest absolute Gasteiger partial charge is 0.410 e. The van der Waals surface area contributed by atoms with Crippen molar-refractivity contribution in [2.75, 3.05) is 44.2 Å². The maximum Gasteiger partial charge on any atom is 0.410 e. The summed E-state index contributed by atoms with van der Waals surface area (Å²) in [6.45, 7) is 8.00. The molecule has 33 heavy (non-hydrogen) atoms. The number of ether oxygens (including phenoxy) is 1. The number of amides is 1. The summed E-state index contributed by atoms with van der Waals surface area (Å²) < 4.78 is 6.81. The second-order valence-corrected chi connectivity index (χ2v) is 9.75. The van der Waals surface area contributed by atoms with E-state index in [9.17, 15) is 9.59 Å². The third kappa shape index (κ3) is 4.32. The van der Waals surface area contributed by atoms with Gasteiger partial charge in [0.1, 0.15) is 4.83 Å². The fourth-order valence-electron chi connectivity index (χ4n) is 4.52. The van der Waals surface area contributed by atoms with Gasteiger partial charge in [-0.15, -0.1) is 11.3 Å². The zero-order valence-electron chi connectivity index (χ0n) is 18.5. The number of thiophene rings is 1. The molecule has 2 aliphatic heterocycles. The molecule has 4 heterocycles. The number of fused-ring (bicyclic) bond motifs is 3. The maximum atomic E-state index is 13.3. The molecule has 2 aliphatic rings. The van der Waals surface area contributed by atoms with Crippen LogP contribution in [-0.2, 0) is 24.4 Å². The summed E-state index contributed by atoms with van der Waals surface area (Å²) in [6.07, 6.45) is 1.31. The number of halogens is 1. The van der Waals surface area contributed by atoms with E-state index in [1.807, 2.05) is 18.2 Å². The van der Waals surface area contributed by atoms with Gasteiger partial charge in [0.2, 0.25) is 0 Å². The molecule has 0 bridgehead atoms. The fraction of sp³-hybridized carbons (Fsp3) is 0.435. The van der Waals surface area contributed by atoms with Gasteiger partial charge in [-0.05, 0) is 19.1 Å². The van der Waals surface area contributed by atoms with Gasteiger partial charge in [-0.1, -0.05) is 23.7 Å². The Morgan fingerprint density at radius 1 is 1.15 bits per heavy atom. The van der Waals surface area contributed by atoms with Crippen LogP contribution in [-0.4, -0.2) is 64.8 Å². The van der Waals surface area contributed by atoms with Crippen LogP contribution >= 0.6 is 22.9 Å². The highest BCUT2D eigenvalue weighted by Gasteiger charge is 2.30. The van der Waals surface area contributed by atoms with Gasteiger partial charge in [0.15, 0.2) is 0 Å². The number of nitrogens with zero attached hydrogens (tertiary/aromatic N) is 5. The number of carbonyl (C=O) groups is 1. The monoisotopic (exact) mass is 487 g/mol. The minimum absolute atomic E-state index is 0.0297. The Labute approximate surface area is 200 Å². The molecule has 0 aliphatic carbocycles. The van der Waals surface area contributed by atoms with Crippen LogP contribution in [0.25, 0.3) is 10.2 Å². The molecular weight excluding hydrogens is 462 g/mol. The zero-order valence-corrected chi connectivity index (χ0v) is 20.1. The SMILES string of the molecule is CCOC(=O)N1Cc2sc3ncn(CCN4CCN(c5ccccc5Cl)CC4)c(=O)c3c2C1. The lowest BCUT2D eigenvalue weighted by Gasteiger charge is -2.36. The lowest BCUT2D eigenvalue weighted by Crippen LogP contribution is -2.47. The first-order chi connectivity index (χ1) is 16.0. The van der Waals surface area contributed by atoms with Crippen LogP contribution in [0.15, 0.2) is 35.4 Å². The number of aromatic nitrogens is 2. The summed E-state index contributed by atoms with van der Waals surface area (Å²) >= 11 is 7.84. The summed E-state index contributed by atoms with van der Waals surface area (Å²) in [5, 5.41) is 1.43. The summed E-state index contributed by atoms with van der Waals surface area (Å²) in [7, 11) is 0. The van der Waals surface area contributed by atoms with E-state index >= 15 is 0 Å². The topological polar surface area (TPSA) is 70.9 Å². The molecule has 8 nitrogen and oxygen atoms in total. The van der Waals surface area contributed by atoms with Gasteiger partial charge in [0, 0.05) is 49.7 Å². The van der Waals surface area contributed by atoms with Crippen molar-refractivity contribution in [1.29, 1.82) is 0 Å². The summed E-state index contributed by atoms with van der Waals surface area (Å²) in [5.41, 5.74) is 1.97. The van der Waals surface area contributed by atoms with Crippen LogP contribution in [0.2, 0.25) is 5.02 Å². The molecule has 0 saturated carbocycles. The third-order valence-corrected chi connectivity index (χ3v) is 7.74. The average Bonchev–Trinajstić information content (AvgIpc) is 3.38. The van der Waals surface area contributed by atoms with Crippen molar-refractivity contribution in [3.63, 3.8) is 0 Å². The second kappa shape index (κ2) is 9.32. The molecule has 2 aromatic heterocycles. The van der Waals surface area contributed by atoms with Crippen LogP contribution in [0, 0.1) is 0 Å². The van der Waals surface area contributed by atoms with E-state index in [1.54, 1.807) is 22.7 Å². The maximum absolute atomic E-state index is 13.3. The van der Waals surface area contributed by atoms with Crippen LogP contribution in [0.3, 0.4) is 0 Å². The molecule has 0 unspecified atom stereocenters. The number of para-hydroxylation sites is 1. The summed E-state index contributed by atoms with van der Waals surface area (Å²) in [4.78, 5) is 38.0. The average molecular weight is 488 g/mol. The molecule has 0 atom stereocenters. The van der Waals surface area contributed by atoms with Crippen LogP contribution in [0.5, 0.6) is 0 Å². The Hall–Kier alpha value is -2.62. The highest BCUT2D eigenvalue weighted by Crippen LogP contribution is 2.35. The molecular formula is C23H26ClN5O3S. The Kier molecular flexibility index (Phi) is 6.27. The highest BCUT2D eigenvalue weighted by molar-refractivity contribution is 7.18. The van der Waals surface area contributed by atoms with E-state index in [1.165, 1.54) is 11.3 Å². The van der Waals surface area contributed by atoms with E-state index in [4.69, 9.17) is 16.3 Å². The van der Waals surface area contributed by atoms with Gasteiger partial charge in [0.25, 0.3) is 5.56 Å². The number of hydrogen-bond acceptors (Lipinski definition) is 7. The largest absolute Gasteiger partial charge is 0.450 e. The molecule has 0 N–H and O–H groups in total. The fourth-order valence-corrected chi connectivity index (χ4v) is 5.93. The van der Waals surface area contributed by atoms with E-state index in [2.05, 4.69) is 20.9 Å². The van der Waals surface area contributed by atoms with Gasteiger partial charge in [-0.3, -0.25) is 19.2 Å². The van der Waals surface area contributed by atoms with Gasteiger partial charge >= 0.3 is 6.09 Å². The molecule has 1 aromatic carbocycles. The van der Waals surface area contributed by atoms with E-state index in [0.717, 1.165) is 58.7 Å². The third-order valence-electron chi connectivity index (χ3n) is 6.29. The molecule has 1 amide bonds. The molecule has 10 heteroatoms. The van der Waals surface area contributed by atoms with Gasteiger partial charge in [0.05, 0.1) is 42.1 Å². The molecule has 0 spiro atoms. The predicted molar refractivity (Wildman–Crippen MR) is 130 cm³/mol. The molecule has 174 valence electrons. The Morgan fingerprint density at radius 2 is 1.94 bits per heavy atom. The highest BCUT2D eigenvalue weighted by atomic mass is 35.5. The molecule has 1 fully saturated rings. The molecule has 5 rings (SSSR count). The van der Waals surface area contributed by atoms with Crippen molar-refractivity contribution in [2.45, 2.75) is 26.6 Å². The Morgan fingerprint density at radius 3 is 2.70 bits per heavy atom. The van der Waals surface area contributed by atoms with Crippen LogP contribution < -0.4 is 10.5 Å². The standard InChI is InChI=1S/C23H26ClN5O3S/c1-2-32-23(31)29-13-16-19(14-29)33-21-20(16)22(30)28(15-25-21)12-9-26-7-10-27(11-8-26)18-6-4-3-5-17(18)24/h3-6,15H,2,7-14H2,1H3. The Bertz CT molecular complexity index is 1230. The first kappa shape index (κ1) is 22.2. The number of benzene rings is 1. The number of rotatable bonds is 5. The number of hydrogen-bond donors (Lipinski definition) is 0. The number of anilines is 1. The number of piperazine rings is 1. The van der Waals surface area contributed by atoms with Crippen LogP contribution in [0.1, 0.15) is 17.4 Å². The van der Waals surface area contributed by atoms with Gasteiger partial charge in [-0.2, -0.15) is 0 Å². The summed E-state index contributed by atoms with van der Waals surface area (Å²) in [6, 6.07) is 7.94. The van der Waals surface area contributed by atoms with E-state index < -0.39 is 0 Å². The van der Waals surface area contributed by atoms with Gasteiger partial charge in [-0.25, -0.2) is 9.78 Å². The van der Waals surface area contributed by atoms with Gasteiger partial charge < -0.3 is 9.64 Å². The first-order valence-corrected chi connectivity index (χ1v) is 12.4. The first-order valence-electron chi connectivity index (χ1n) is 11.2. The second-order valence-electron chi connectivity index (χ2n) is 8.26. The van der Waals surface area contributed by atoms with Crippen LogP contribution in [0.4, 0.5) is 10.5 Å². The van der Waals surface area contributed by atoms with E-state index in [-0.39, 0.29) is 11.7 Å². The number of carbonyl (C=O) groups excluding carboxylic acids is 1. The predicted octanol–water partition coefficient (Wildman–Crippen LogP) is 3.41. The van der Waals surface area contributed by atoms with Crippen molar-refractivity contribution in [1.82, 2.24) is 19.4 Å². The Balaban J connectivity index is 1.24. The van der Waals surface area contributed by atoms with Crippen molar-refractivity contribution in [2.24, 2.45) is 0 Å². The van der Waals surface area contributed by atoms with Crippen molar-refractivity contribution < 1.29 is 9.53 Å². The minimum Gasteiger partial charge on any atom is -0.450 e. The summed E-state index contributed by atoms with van der Waals surface area (Å²) in [5.74, 6) is 0. The zero-order chi connectivity index (χ0) is 22.9. The van der Waals surface area contributed by atoms with Crippen molar-refractivity contribution >= 4 is 44.9 Å². The molecule has 3 aromatic rings. The lowest BCUT2D eigenvalue weighted by atomic mass is 10.2.